The van der Waals surface area contributed by atoms with Crippen LogP contribution in [-0.2, 0) is 19.2 Å². The van der Waals surface area contributed by atoms with E-state index in [2.05, 4.69) is 20.2 Å². The zero-order valence-electron chi connectivity index (χ0n) is 11.8. The molecule has 7 heteroatoms. The monoisotopic (exact) mass is 301 g/mol. The Morgan fingerprint density at radius 3 is 2.86 bits per heavy atom. The second kappa shape index (κ2) is 5.69. The van der Waals surface area contributed by atoms with Gasteiger partial charge in [0, 0.05) is 13.5 Å². The summed E-state index contributed by atoms with van der Waals surface area (Å²) in [7, 11) is 1.94. The molecule has 1 N–H and O–H groups in total. The molecule has 1 aromatic carbocycles. The van der Waals surface area contributed by atoms with Crippen LogP contribution in [0.2, 0.25) is 0 Å². The number of aromatic nitrogens is 5. The molecule has 108 valence electrons. The molecule has 6 nitrogen and oxygen atoms in total. The van der Waals surface area contributed by atoms with Crippen molar-refractivity contribution in [2.24, 2.45) is 7.05 Å². The molecule has 0 fully saturated rings. The molecule has 0 amide bonds. The molecule has 2 aromatic heterocycles. The number of aryl methyl sites for hydroxylation is 1. The number of para-hydroxylation sites is 1. The Kier molecular flexibility index (Phi) is 3.74. The fourth-order valence-electron chi connectivity index (χ4n) is 2.11. The number of nitrogens with one attached hydrogen (secondary N) is 1. The van der Waals surface area contributed by atoms with Crippen molar-refractivity contribution in [1.29, 1.82) is 0 Å². The normalized spacial score (nSPS) is 11.1. The van der Waals surface area contributed by atoms with E-state index >= 15 is 0 Å². The molecule has 0 radical (unpaired) electrons. The molecule has 0 spiro atoms. The lowest BCUT2D eigenvalue weighted by atomic mass is 10.2. The van der Waals surface area contributed by atoms with E-state index in [1.54, 1.807) is 6.07 Å². The third-order valence-electron chi connectivity index (χ3n) is 3.24. The van der Waals surface area contributed by atoms with Crippen molar-refractivity contribution in [1.82, 2.24) is 24.7 Å². The number of benzene rings is 1. The zero-order chi connectivity index (χ0) is 14.8. The van der Waals surface area contributed by atoms with Gasteiger partial charge in [0.15, 0.2) is 5.16 Å². The van der Waals surface area contributed by atoms with E-state index in [1.165, 1.54) is 11.8 Å². The van der Waals surface area contributed by atoms with Gasteiger partial charge >= 0.3 is 0 Å². The van der Waals surface area contributed by atoms with Crippen molar-refractivity contribution < 1.29 is 0 Å². The van der Waals surface area contributed by atoms with Gasteiger partial charge in [-0.1, -0.05) is 30.8 Å². The summed E-state index contributed by atoms with van der Waals surface area (Å²) in [6.07, 6.45) is 0.842. The number of hydrogen-bond acceptors (Lipinski definition) is 5. The lowest BCUT2D eigenvalue weighted by Gasteiger charge is -2.03. The van der Waals surface area contributed by atoms with Crippen LogP contribution in [0.5, 0.6) is 0 Å². The zero-order valence-corrected chi connectivity index (χ0v) is 12.6. The maximum atomic E-state index is 12.0. The van der Waals surface area contributed by atoms with Gasteiger partial charge in [-0.05, 0) is 12.1 Å². The summed E-state index contributed by atoms with van der Waals surface area (Å²) >= 11 is 1.51. The predicted octanol–water partition coefficient (Wildman–Crippen LogP) is 1.91. The van der Waals surface area contributed by atoms with Crippen molar-refractivity contribution in [3.63, 3.8) is 0 Å². The van der Waals surface area contributed by atoms with Gasteiger partial charge in [0.25, 0.3) is 5.56 Å². The number of H-pyrrole nitrogens is 1. The smallest absolute Gasteiger partial charge is 0.258 e. The van der Waals surface area contributed by atoms with Crippen LogP contribution in [-0.4, -0.2) is 24.7 Å². The average Bonchev–Trinajstić information content (AvgIpc) is 2.85. The van der Waals surface area contributed by atoms with Crippen LogP contribution in [0, 0.1) is 0 Å². The number of thioether (sulfide) groups is 1. The molecule has 0 unspecified atom stereocenters. The molecule has 0 saturated heterocycles. The maximum Gasteiger partial charge on any atom is 0.258 e. The number of rotatable bonds is 4. The van der Waals surface area contributed by atoms with Crippen molar-refractivity contribution in [3.05, 3.63) is 46.3 Å². The first kappa shape index (κ1) is 13.8. The van der Waals surface area contributed by atoms with Crippen LogP contribution >= 0.6 is 11.8 Å². The summed E-state index contributed by atoms with van der Waals surface area (Å²) in [5, 5.41) is 9.69. The van der Waals surface area contributed by atoms with E-state index < -0.39 is 0 Å². The first-order chi connectivity index (χ1) is 10.2. The third kappa shape index (κ3) is 2.69. The van der Waals surface area contributed by atoms with Crippen molar-refractivity contribution in [2.45, 2.75) is 24.3 Å². The van der Waals surface area contributed by atoms with Crippen LogP contribution in [0.15, 0.2) is 34.2 Å². The Labute approximate surface area is 125 Å². The van der Waals surface area contributed by atoms with E-state index in [0.29, 0.717) is 22.5 Å². The molecule has 0 bridgehead atoms. The summed E-state index contributed by atoms with van der Waals surface area (Å²) in [6.45, 7) is 2.04. The SMILES string of the molecule is CCc1nnc(SCc2nc3ccccc3c(=O)[nH]2)n1C. The van der Waals surface area contributed by atoms with Crippen molar-refractivity contribution in [3.8, 4) is 0 Å². The van der Waals surface area contributed by atoms with Gasteiger partial charge in [-0.3, -0.25) is 4.79 Å². The molecule has 2 heterocycles. The molecule has 0 atom stereocenters. The maximum absolute atomic E-state index is 12.0. The quantitative estimate of drug-likeness (QED) is 0.745. The van der Waals surface area contributed by atoms with Crippen LogP contribution in [0.3, 0.4) is 0 Å². The highest BCUT2D eigenvalue weighted by atomic mass is 32.2. The highest BCUT2D eigenvalue weighted by molar-refractivity contribution is 7.98. The molecule has 21 heavy (non-hydrogen) atoms. The molecular weight excluding hydrogens is 286 g/mol. The lowest BCUT2D eigenvalue weighted by Crippen LogP contribution is -2.11. The summed E-state index contributed by atoms with van der Waals surface area (Å²) in [6, 6.07) is 7.33. The van der Waals surface area contributed by atoms with Crippen LogP contribution in [0.25, 0.3) is 10.9 Å². The van der Waals surface area contributed by atoms with E-state index in [0.717, 1.165) is 17.4 Å². The van der Waals surface area contributed by atoms with Gasteiger partial charge in [0.1, 0.15) is 11.6 Å². The Morgan fingerprint density at radius 2 is 2.10 bits per heavy atom. The fourth-order valence-corrected chi connectivity index (χ4v) is 2.91. The summed E-state index contributed by atoms with van der Waals surface area (Å²) < 4.78 is 1.96. The van der Waals surface area contributed by atoms with E-state index in [9.17, 15) is 4.79 Å². The minimum Gasteiger partial charge on any atom is -0.309 e. The van der Waals surface area contributed by atoms with Crippen LogP contribution in [0.1, 0.15) is 18.6 Å². The second-order valence-electron chi connectivity index (χ2n) is 4.63. The van der Waals surface area contributed by atoms with Gasteiger partial charge in [0.05, 0.1) is 16.7 Å². The van der Waals surface area contributed by atoms with Gasteiger partial charge in [0.2, 0.25) is 0 Å². The fraction of sp³-hybridized carbons (Fsp3) is 0.286. The van der Waals surface area contributed by atoms with Gasteiger partial charge in [-0.15, -0.1) is 10.2 Å². The lowest BCUT2D eigenvalue weighted by molar-refractivity contribution is 0.741. The minimum absolute atomic E-state index is 0.108. The number of fused-ring (bicyclic) bond motifs is 1. The van der Waals surface area contributed by atoms with Gasteiger partial charge in [-0.25, -0.2) is 4.98 Å². The van der Waals surface area contributed by atoms with Gasteiger partial charge in [-0.2, -0.15) is 0 Å². The predicted molar refractivity (Wildman–Crippen MR) is 82.3 cm³/mol. The molecule has 0 saturated carbocycles. The molecule has 0 aliphatic heterocycles. The molecule has 3 aromatic rings. The average molecular weight is 301 g/mol. The standard InChI is InChI=1S/C14H15N5OS/c1-3-12-17-18-14(19(12)2)21-8-11-15-10-7-5-4-6-9(10)13(20)16-11/h4-7H,3,8H2,1-2H3,(H,15,16,20). The second-order valence-corrected chi connectivity index (χ2v) is 5.57. The highest BCUT2D eigenvalue weighted by Gasteiger charge is 2.09. The van der Waals surface area contributed by atoms with E-state index in [-0.39, 0.29) is 5.56 Å². The first-order valence-corrected chi connectivity index (χ1v) is 7.66. The Morgan fingerprint density at radius 1 is 1.29 bits per heavy atom. The van der Waals surface area contributed by atoms with Gasteiger partial charge < -0.3 is 9.55 Å². The Bertz CT molecular complexity index is 839. The summed E-state index contributed by atoms with van der Waals surface area (Å²) in [4.78, 5) is 19.3. The van der Waals surface area contributed by atoms with Crippen LogP contribution in [0.4, 0.5) is 0 Å². The summed E-state index contributed by atoms with van der Waals surface area (Å²) in [5.74, 6) is 2.14. The molecule has 0 aliphatic rings. The Hall–Kier alpha value is -2.15. The topological polar surface area (TPSA) is 76.5 Å². The Balaban J connectivity index is 1.85. The van der Waals surface area contributed by atoms with Crippen LogP contribution < -0.4 is 5.56 Å². The molecular formula is C14H15N5OS. The largest absolute Gasteiger partial charge is 0.309 e. The summed E-state index contributed by atoms with van der Waals surface area (Å²) in [5.41, 5.74) is 0.604. The van der Waals surface area contributed by atoms with E-state index in [1.807, 2.05) is 36.7 Å². The van der Waals surface area contributed by atoms with Crippen molar-refractivity contribution >= 4 is 22.7 Å². The van der Waals surface area contributed by atoms with Crippen molar-refractivity contribution in [2.75, 3.05) is 0 Å². The third-order valence-corrected chi connectivity index (χ3v) is 4.27. The number of aromatic amines is 1. The highest BCUT2D eigenvalue weighted by Crippen LogP contribution is 2.19. The van der Waals surface area contributed by atoms with E-state index in [4.69, 9.17) is 0 Å². The molecule has 3 rings (SSSR count). The minimum atomic E-state index is -0.108. The molecule has 0 aliphatic carbocycles. The first-order valence-electron chi connectivity index (χ1n) is 6.68. The number of nitrogens with zero attached hydrogens (tertiary/aromatic N) is 4. The number of hydrogen-bond donors (Lipinski definition) is 1.